The number of imide groups is 1. The summed E-state index contributed by atoms with van der Waals surface area (Å²) in [6, 6.07) is 0. The molecule has 0 aromatic carbocycles. The molecule has 1 heterocycles. The van der Waals surface area contributed by atoms with Gasteiger partial charge in [0.25, 0.3) is 11.8 Å². The molecule has 0 aromatic rings. The highest BCUT2D eigenvalue weighted by Gasteiger charge is 2.33. The minimum absolute atomic E-state index is 0.0177. The van der Waals surface area contributed by atoms with Crippen LogP contribution in [0.2, 0.25) is 0 Å². The van der Waals surface area contributed by atoms with Crippen molar-refractivity contribution in [2.75, 3.05) is 12.3 Å². The summed E-state index contributed by atoms with van der Waals surface area (Å²) >= 11 is 4.01. The molecule has 1 aliphatic rings. The van der Waals surface area contributed by atoms with Crippen molar-refractivity contribution in [2.24, 2.45) is 0 Å². The number of thiol groups is 1. The van der Waals surface area contributed by atoms with Crippen molar-refractivity contribution in [3.63, 3.8) is 0 Å². The predicted octanol–water partition coefficient (Wildman–Crippen LogP) is 1.61. The van der Waals surface area contributed by atoms with Crippen molar-refractivity contribution in [1.29, 1.82) is 0 Å². The molecule has 1 aliphatic heterocycles. The maximum absolute atomic E-state index is 11.9. The van der Waals surface area contributed by atoms with Crippen molar-refractivity contribution in [1.82, 2.24) is 5.06 Å². The van der Waals surface area contributed by atoms with Crippen molar-refractivity contribution < 1.29 is 28.7 Å². The summed E-state index contributed by atoms with van der Waals surface area (Å²) < 4.78 is 11.9. The van der Waals surface area contributed by atoms with Crippen molar-refractivity contribution in [2.45, 2.75) is 37.9 Å². The molecule has 1 N–H and O–H groups in total. The Kier molecular flexibility index (Phi) is 7.26. The highest BCUT2D eigenvalue weighted by Crippen LogP contribution is 2.43. The van der Waals surface area contributed by atoms with Gasteiger partial charge in [-0.15, -0.1) is 16.7 Å². The lowest BCUT2D eigenvalue weighted by Gasteiger charge is -2.15. The van der Waals surface area contributed by atoms with Crippen LogP contribution in [0.15, 0.2) is 0 Å². The summed E-state index contributed by atoms with van der Waals surface area (Å²) in [4.78, 5) is 48.4. The summed E-state index contributed by atoms with van der Waals surface area (Å²) in [5, 5.41) is 0.574. The Labute approximate surface area is 132 Å². The number of carbonyl (C=O) groups is 3. The van der Waals surface area contributed by atoms with Gasteiger partial charge in [-0.2, -0.15) is 0 Å². The molecule has 1 rings (SSSR count). The number of amides is 2. The Morgan fingerprint density at radius 2 is 2.00 bits per heavy atom. The lowest BCUT2D eigenvalue weighted by molar-refractivity contribution is -0.197. The van der Waals surface area contributed by atoms with E-state index in [2.05, 4.69) is 16.5 Å². The lowest BCUT2D eigenvalue weighted by Crippen LogP contribution is -2.32. The fourth-order valence-electron chi connectivity index (χ4n) is 1.62. The van der Waals surface area contributed by atoms with Gasteiger partial charge in [-0.1, -0.05) is 17.7 Å². The van der Waals surface area contributed by atoms with Crippen LogP contribution in [0, 0.1) is 0 Å². The first-order valence-electron chi connectivity index (χ1n) is 6.43. The molecule has 2 unspecified atom stereocenters. The highest BCUT2D eigenvalue weighted by molar-refractivity contribution is 8.68. The predicted molar refractivity (Wildman–Crippen MR) is 82.0 cm³/mol. The molecule has 0 aliphatic carbocycles. The molecule has 0 saturated carbocycles. The second-order valence-corrected chi connectivity index (χ2v) is 9.03. The summed E-state index contributed by atoms with van der Waals surface area (Å²) in [7, 11) is -2.12. The van der Waals surface area contributed by atoms with Gasteiger partial charge in [0, 0.05) is 30.4 Å². The second-order valence-electron chi connectivity index (χ2n) is 4.79. The van der Waals surface area contributed by atoms with Crippen LogP contribution in [0.1, 0.15) is 32.6 Å². The van der Waals surface area contributed by atoms with Crippen molar-refractivity contribution in [3.8, 4) is 0 Å². The highest BCUT2D eigenvalue weighted by atomic mass is 33.1. The number of hydrogen-bond acceptors (Lipinski definition) is 7. The van der Waals surface area contributed by atoms with E-state index in [-0.39, 0.29) is 36.8 Å². The molecule has 10 heteroatoms. The zero-order chi connectivity index (χ0) is 16.0. The fraction of sp³-hybridized carbons (Fsp3) is 0.727. The Morgan fingerprint density at radius 1 is 1.43 bits per heavy atom. The number of hydrogen-bond donors (Lipinski definition) is 2. The van der Waals surface area contributed by atoms with Crippen LogP contribution in [0.5, 0.6) is 0 Å². The van der Waals surface area contributed by atoms with E-state index in [1.165, 1.54) is 10.8 Å². The third-order valence-electron chi connectivity index (χ3n) is 2.93. The Hall–Kier alpha value is -0.500. The molecule has 0 aromatic heterocycles. The zero-order valence-corrected chi connectivity index (χ0v) is 14.2. The number of rotatable bonds is 8. The third kappa shape index (κ3) is 6.42. The van der Waals surface area contributed by atoms with Crippen LogP contribution in [0.25, 0.3) is 0 Å². The van der Waals surface area contributed by atoms with E-state index in [4.69, 9.17) is 0 Å². The first-order valence-corrected chi connectivity index (χ1v) is 10.4. The van der Waals surface area contributed by atoms with Crippen LogP contribution in [0.3, 0.4) is 0 Å². The first kappa shape index (κ1) is 18.5. The molecule has 7 nitrogen and oxygen atoms in total. The minimum atomic E-state index is -3.43. The quantitative estimate of drug-likeness (QED) is 0.295. The molecule has 0 bridgehead atoms. The molecule has 1 fully saturated rings. The van der Waals surface area contributed by atoms with Crippen molar-refractivity contribution in [3.05, 3.63) is 0 Å². The molecular weight excluding hydrogens is 337 g/mol. The van der Waals surface area contributed by atoms with E-state index >= 15 is 0 Å². The lowest BCUT2D eigenvalue weighted by atomic mass is 10.4. The van der Waals surface area contributed by atoms with E-state index in [1.807, 2.05) is 6.92 Å². The van der Waals surface area contributed by atoms with Gasteiger partial charge in [0.2, 0.25) is 7.37 Å². The molecular formula is C11H18NO6PS2. The smallest absolute Gasteiger partial charge is 0.333 e. The SMILES string of the molecule is CC(CCP(=O)(O)CCC(=O)ON1C(=O)CCC1=O)SS. The Balaban J connectivity index is 2.36. The molecule has 2 amide bonds. The van der Waals surface area contributed by atoms with Gasteiger partial charge in [-0.05, 0) is 6.42 Å². The van der Waals surface area contributed by atoms with Gasteiger partial charge >= 0.3 is 5.97 Å². The number of carbonyl (C=O) groups excluding carboxylic acids is 3. The first-order chi connectivity index (χ1) is 9.75. The summed E-state index contributed by atoms with van der Waals surface area (Å²) in [5.74, 6) is -2.00. The van der Waals surface area contributed by atoms with Crippen molar-refractivity contribution >= 4 is 47.6 Å². The maximum atomic E-state index is 11.9. The fourth-order valence-corrected chi connectivity index (χ4v) is 3.88. The van der Waals surface area contributed by atoms with Crippen LogP contribution < -0.4 is 0 Å². The van der Waals surface area contributed by atoms with Crippen LogP contribution in [-0.4, -0.2) is 45.3 Å². The van der Waals surface area contributed by atoms with Crippen LogP contribution >= 0.6 is 29.8 Å². The molecule has 0 spiro atoms. The summed E-state index contributed by atoms with van der Waals surface area (Å²) in [5.41, 5.74) is 0. The number of nitrogens with zero attached hydrogens (tertiary/aromatic N) is 1. The minimum Gasteiger partial charge on any atom is -0.344 e. The average molecular weight is 355 g/mol. The summed E-state index contributed by atoms with van der Waals surface area (Å²) in [6.45, 7) is 1.89. The zero-order valence-electron chi connectivity index (χ0n) is 11.6. The summed E-state index contributed by atoms with van der Waals surface area (Å²) in [6.07, 6.45) is 0.101. The van der Waals surface area contributed by atoms with Crippen LogP contribution in [0.4, 0.5) is 0 Å². The van der Waals surface area contributed by atoms with E-state index in [0.29, 0.717) is 11.5 Å². The third-order valence-corrected chi connectivity index (χ3v) is 6.48. The molecule has 120 valence electrons. The Bertz CT molecular complexity index is 456. The van der Waals surface area contributed by atoms with Gasteiger partial charge < -0.3 is 9.73 Å². The second kappa shape index (κ2) is 8.22. The van der Waals surface area contributed by atoms with Gasteiger partial charge in [0.05, 0.1) is 6.42 Å². The normalized spacial score (nSPS) is 19.5. The standard InChI is InChI=1S/C11H18NO6PS2/c1-8(21-20)4-6-19(16,17)7-5-11(15)18-12-9(13)2-3-10(12)14/h8,20H,2-7H2,1H3,(H,16,17). The Morgan fingerprint density at radius 3 is 2.52 bits per heavy atom. The molecule has 21 heavy (non-hydrogen) atoms. The average Bonchev–Trinajstić information content (AvgIpc) is 2.74. The van der Waals surface area contributed by atoms with E-state index in [0.717, 1.165) is 0 Å². The largest absolute Gasteiger partial charge is 0.344 e. The van der Waals surface area contributed by atoms with E-state index < -0.39 is 25.2 Å². The topological polar surface area (TPSA) is 101 Å². The van der Waals surface area contributed by atoms with Gasteiger partial charge in [-0.3, -0.25) is 14.2 Å². The van der Waals surface area contributed by atoms with Crippen LogP contribution in [-0.2, 0) is 23.8 Å². The van der Waals surface area contributed by atoms with E-state index in [9.17, 15) is 23.8 Å². The number of hydroxylamine groups is 2. The van der Waals surface area contributed by atoms with Gasteiger partial charge in [-0.25, -0.2) is 4.79 Å². The molecule has 2 atom stereocenters. The van der Waals surface area contributed by atoms with E-state index in [1.54, 1.807) is 0 Å². The molecule has 1 saturated heterocycles. The monoisotopic (exact) mass is 355 g/mol. The maximum Gasteiger partial charge on any atom is 0.333 e. The molecule has 0 radical (unpaired) electrons. The van der Waals surface area contributed by atoms with Gasteiger partial charge in [0.1, 0.15) is 0 Å². The van der Waals surface area contributed by atoms with Gasteiger partial charge in [0.15, 0.2) is 0 Å².